The highest BCUT2D eigenvalue weighted by Crippen LogP contribution is 2.13. The Morgan fingerprint density at radius 2 is 1.81 bits per heavy atom. The minimum absolute atomic E-state index is 0.0678. The molecule has 1 heterocycles. The normalized spacial score (nSPS) is 14.7. The summed E-state index contributed by atoms with van der Waals surface area (Å²) in [7, 11) is 0. The Morgan fingerprint density at radius 1 is 1.12 bits per heavy atom. The lowest BCUT2D eigenvalue weighted by atomic mass is 10.1. The second-order valence-corrected chi connectivity index (χ2v) is 7.53. The van der Waals surface area contributed by atoms with Crippen LogP contribution in [0.4, 0.5) is 10.5 Å². The molecule has 9 nitrogen and oxygen atoms in total. The van der Waals surface area contributed by atoms with Gasteiger partial charge < -0.3 is 20.3 Å². The van der Waals surface area contributed by atoms with E-state index >= 15 is 0 Å². The Kier molecular flexibility index (Phi) is 8.42. The van der Waals surface area contributed by atoms with E-state index in [4.69, 9.17) is 9.73 Å². The van der Waals surface area contributed by atoms with Gasteiger partial charge in [-0.25, -0.2) is 9.79 Å². The molecule has 1 fully saturated rings. The second kappa shape index (κ2) is 11.7. The number of hydrogen-bond donors (Lipinski definition) is 2. The van der Waals surface area contributed by atoms with Crippen molar-refractivity contribution < 1.29 is 14.5 Å². The number of likely N-dealkylation sites (tertiary alicyclic amines) is 1. The molecule has 0 saturated carbocycles. The van der Waals surface area contributed by atoms with Crippen molar-refractivity contribution in [2.75, 3.05) is 19.7 Å². The summed E-state index contributed by atoms with van der Waals surface area (Å²) >= 11 is 0. The number of rotatable bonds is 7. The molecule has 2 N–H and O–H groups in total. The zero-order valence-corrected chi connectivity index (χ0v) is 18.2. The third-order valence-corrected chi connectivity index (χ3v) is 5.23. The fraction of sp³-hybridized carbons (Fsp3) is 0.391. The van der Waals surface area contributed by atoms with Gasteiger partial charge in [0, 0.05) is 37.8 Å². The smallest absolute Gasteiger partial charge is 0.409 e. The Balaban J connectivity index is 1.60. The average molecular weight is 440 g/mol. The summed E-state index contributed by atoms with van der Waals surface area (Å²) in [6.07, 6.45) is 1.32. The molecule has 1 amide bonds. The van der Waals surface area contributed by atoms with Crippen molar-refractivity contribution in [3.8, 4) is 0 Å². The number of ether oxygens (including phenoxy) is 1. The third kappa shape index (κ3) is 6.97. The first-order valence-corrected chi connectivity index (χ1v) is 10.8. The van der Waals surface area contributed by atoms with Crippen LogP contribution in [0.1, 0.15) is 30.9 Å². The lowest BCUT2D eigenvalue weighted by Crippen LogP contribution is -2.49. The van der Waals surface area contributed by atoms with Gasteiger partial charge in [0.1, 0.15) is 0 Å². The number of nitrogens with one attached hydrogen (secondary N) is 2. The van der Waals surface area contributed by atoms with Gasteiger partial charge in [-0.2, -0.15) is 0 Å². The molecule has 1 saturated heterocycles. The topological polar surface area (TPSA) is 109 Å². The predicted molar refractivity (Wildman–Crippen MR) is 122 cm³/mol. The van der Waals surface area contributed by atoms with Crippen molar-refractivity contribution in [1.82, 2.24) is 15.5 Å². The van der Waals surface area contributed by atoms with E-state index in [1.807, 2.05) is 30.3 Å². The minimum atomic E-state index is -0.409. The van der Waals surface area contributed by atoms with Gasteiger partial charge in [-0.05, 0) is 30.9 Å². The zero-order chi connectivity index (χ0) is 22.8. The number of benzene rings is 2. The highest BCUT2D eigenvalue weighted by atomic mass is 16.6. The van der Waals surface area contributed by atoms with Crippen LogP contribution >= 0.6 is 0 Å². The minimum Gasteiger partial charge on any atom is -0.450 e. The molecular weight excluding hydrogens is 410 g/mol. The van der Waals surface area contributed by atoms with Crippen LogP contribution in [0.25, 0.3) is 0 Å². The van der Waals surface area contributed by atoms with Crippen LogP contribution in [-0.2, 0) is 17.8 Å². The predicted octanol–water partition coefficient (Wildman–Crippen LogP) is 3.45. The number of amides is 1. The first-order chi connectivity index (χ1) is 15.5. The monoisotopic (exact) mass is 439 g/mol. The third-order valence-electron chi connectivity index (χ3n) is 5.23. The summed E-state index contributed by atoms with van der Waals surface area (Å²) in [5.74, 6) is 0.668. The van der Waals surface area contributed by atoms with Crippen LogP contribution in [0, 0.1) is 10.1 Å². The maximum absolute atomic E-state index is 11.9. The molecule has 0 aromatic heterocycles. The Bertz CT molecular complexity index is 910. The lowest BCUT2D eigenvalue weighted by Gasteiger charge is -2.32. The summed E-state index contributed by atoms with van der Waals surface area (Å²) in [5.41, 5.74) is 2.08. The van der Waals surface area contributed by atoms with Crippen molar-refractivity contribution in [3.05, 3.63) is 75.8 Å². The van der Waals surface area contributed by atoms with E-state index in [9.17, 15) is 14.9 Å². The van der Waals surface area contributed by atoms with E-state index in [0.29, 0.717) is 38.7 Å². The van der Waals surface area contributed by atoms with Crippen LogP contribution in [0.3, 0.4) is 0 Å². The first-order valence-electron chi connectivity index (χ1n) is 10.8. The van der Waals surface area contributed by atoms with Gasteiger partial charge >= 0.3 is 6.09 Å². The summed E-state index contributed by atoms with van der Waals surface area (Å²) in [5, 5.41) is 17.6. The summed E-state index contributed by atoms with van der Waals surface area (Å²) in [4.78, 5) is 28.8. The number of hydrogen-bond acceptors (Lipinski definition) is 5. The molecular formula is C23H29N5O4. The fourth-order valence-electron chi connectivity index (χ4n) is 3.44. The van der Waals surface area contributed by atoms with Crippen LogP contribution in [0.2, 0.25) is 0 Å². The number of guanidine groups is 1. The van der Waals surface area contributed by atoms with Crippen LogP contribution in [0.5, 0.6) is 0 Å². The molecule has 2 aromatic rings. The summed E-state index contributed by atoms with van der Waals surface area (Å²) in [6, 6.07) is 16.6. The van der Waals surface area contributed by atoms with E-state index in [1.54, 1.807) is 24.0 Å². The SMILES string of the molecule is CCOC(=O)N1CCC(NC(=NCc2ccccc2)NCc2ccc([N+](=O)[O-])cc2)CC1. The lowest BCUT2D eigenvalue weighted by molar-refractivity contribution is -0.384. The molecule has 9 heteroatoms. The van der Waals surface area contributed by atoms with E-state index in [1.165, 1.54) is 12.1 Å². The maximum Gasteiger partial charge on any atom is 0.409 e. The number of nitrogens with zero attached hydrogens (tertiary/aromatic N) is 3. The molecule has 0 radical (unpaired) electrons. The molecule has 170 valence electrons. The average Bonchev–Trinajstić information content (AvgIpc) is 2.82. The van der Waals surface area contributed by atoms with E-state index in [-0.39, 0.29) is 17.8 Å². The van der Waals surface area contributed by atoms with Crippen LogP contribution in [0.15, 0.2) is 59.6 Å². The summed E-state index contributed by atoms with van der Waals surface area (Å²) < 4.78 is 5.08. The van der Waals surface area contributed by atoms with E-state index in [0.717, 1.165) is 24.0 Å². The van der Waals surface area contributed by atoms with Crippen LogP contribution in [-0.4, -0.2) is 47.6 Å². The van der Waals surface area contributed by atoms with Crippen molar-refractivity contribution in [1.29, 1.82) is 0 Å². The molecule has 2 aromatic carbocycles. The van der Waals surface area contributed by atoms with Gasteiger partial charge in [-0.3, -0.25) is 10.1 Å². The Morgan fingerprint density at radius 3 is 2.44 bits per heavy atom. The number of carbonyl (C=O) groups is 1. The fourth-order valence-corrected chi connectivity index (χ4v) is 3.44. The maximum atomic E-state index is 11.9. The quantitative estimate of drug-likeness (QED) is 0.296. The number of piperidine rings is 1. The molecule has 0 atom stereocenters. The largest absolute Gasteiger partial charge is 0.450 e. The summed E-state index contributed by atoms with van der Waals surface area (Å²) in [6.45, 7) is 4.45. The Hall–Kier alpha value is -3.62. The van der Waals surface area contributed by atoms with Gasteiger partial charge in [-0.15, -0.1) is 0 Å². The molecule has 1 aliphatic rings. The molecule has 0 aliphatic carbocycles. The van der Waals surface area contributed by atoms with Gasteiger partial charge in [0.25, 0.3) is 5.69 Å². The number of aliphatic imine (C=N–C) groups is 1. The van der Waals surface area contributed by atoms with Crippen molar-refractivity contribution >= 4 is 17.7 Å². The molecule has 0 spiro atoms. The first kappa shape index (κ1) is 23.1. The van der Waals surface area contributed by atoms with Crippen molar-refractivity contribution in [2.45, 2.75) is 38.9 Å². The second-order valence-electron chi connectivity index (χ2n) is 7.53. The highest BCUT2D eigenvalue weighted by molar-refractivity contribution is 5.80. The Labute approximate surface area is 187 Å². The van der Waals surface area contributed by atoms with Gasteiger partial charge in [0.15, 0.2) is 5.96 Å². The van der Waals surface area contributed by atoms with E-state index in [2.05, 4.69) is 10.6 Å². The van der Waals surface area contributed by atoms with Crippen molar-refractivity contribution in [3.63, 3.8) is 0 Å². The molecule has 3 rings (SSSR count). The standard InChI is InChI=1S/C23H29N5O4/c1-2-32-23(29)27-14-12-20(13-15-27)26-22(24-16-18-6-4-3-5-7-18)25-17-19-8-10-21(11-9-19)28(30)31/h3-11,20H,2,12-17H2,1H3,(H2,24,25,26). The van der Waals surface area contributed by atoms with Crippen LogP contribution < -0.4 is 10.6 Å². The van der Waals surface area contributed by atoms with Gasteiger partial charge in [0.05, 0.1) is 18.1 Å². The van der Waals surface area contributed by atoms with Gasteiger partial charge in [-0.1, -0.05) is 42.5 Å². The number of non-ortho nitro benzene ring substituents is 1. The highest BCUT2D eigenvalue weighted by Gasteiger charge is 2.24. The molecule has 32 heavy (non-hydrogen) atoms. The molecule has 1 aliphatic heterocycles. The van der Waals surface area contributed by atoms with Gasteiger partial charge in [0.2, 0.25) is 0 Å². The number of nitro benzene ring substituents is 1. The van der Waals surface area contributed by atoms with E-state index < -0.39 is 4.92 Å². The molecule has 0 unspecified atom stereocenters. The van der Waals surface area contributed by atoms with Crippen molar-refractivity contribution in [2.24, 2.45) is 4.99 Å². The molecule has 0 bridgehead atoms. The number of nitro groups is 1. The zero-order valence-electron chi connectivity index (χ0n) is 18.2. The number of carbonyl (C=O) groups excluding carboxylic acids is 1.